The van der Waals surface area contributed by atoms with Crippen LogP contribution in [0.1, 0.15) is 19.3 Å². The third-order valence-electron chi connectivity index (χ3n) is 3.60. The van der Waals surface area contributed by atoms with E-state index in [1.165, 1.54) is 19.4 Å². The summed E-state index contributed by atoms with van der Waals surface area (Å²) in [7, 11) is 0. The van der Waals surface area contributed by atoms with Gasteiger partial charge in [0.2, 0.25) is 0 Å². The number of rotatable bonds is 4. The Morgan fingerprint density at radius 3 is 3.00 bits per heavy atom. The average molecular weight is 227 g/mol. The maximum absolute atomic E-state index is 10.5. The van der Waals surface area contributed by atoms with Crippen molar-refractivity contribution in [3.63, 3.8) is 0 Å². The highest BCUT2D eigenvalue weighted by atomic mass is 16.4. The van der Waals surface area contributed by atoms with E-state index in [9.17, 15) is 4.79 Å². The minimum Gasteiger partial charge on any atom is -0.481 e. The van der Waals surface area contributed by atoms with Crippen LogP contribution in [-0.4, -0.2) is 65.7 Å². The first-order valence-corrected chi connectivity index (χ1v) is 6.09. The van der Waals surface area contributed by atoms with E-state index in [4.69, 9.17) is 10.8 Å². The molecule has 0 saturated carbocycles. The van der Waals surface area contributed by atoms with Crippen molar-refractivity contribution in [1.29, 1.82) is 0 Å². The van der Waals surface area contributed by atoms with Crippen molar-refractivity contribution in [2.24, 2.45) is 5.73 Å². The molecule has 0 radical (unpaired) electrons. The van der Waals surface area contributed by atoms with E-state index in [0.29, 0.717) is 6.04 Å². The zero-order valence-corrected chi connectivity index (χ0v) is 9.64. The van der Waals surface area contributed by atoms with Crippen molar-refractivity contribution >= 4 is 5.97 Å². The number of nitrogens with two attached hydrogens (primary N) is 1. The van der Waals surface area contributed by atoms with E-state index < -0.39 is 5.97 Å². The summed E-state index contributed by atoms with van der Waals surface area (Å²) in [6, 6.07) is 0.455. The molecule has 0 aliphatic carbocycles. The van der Waals surface area contributed by atoms with Gasteiger partial charge in [0.15, 0.2) is 0 Å². The van der Waals surface area contributed by atoms with E-state index >= 15 is 0 Å². The topological polar surface area (TPSA) is 69.8 Å². The third-order valence-corrected chi connectivity index (χ3v) is 3.60. The highest BCUT2D eigenvalue weighted by Crippen LogP contribution is 2.21. The third kappa shape index (κ3) is 2.93. The number of nitrogens with zero attached hydrogens (tertiary/aromatic N) is 2. The molecule has 0 spiro atoms. The zero-order chi connectivity index (χ0) is 11.5. The SMILES string of the molecule is NC(CC(=O)O)CN1CCN2CCCC2C1. The number of hydrogen-bond donors (Lipinski definition) is 2. The number of piperazine rings is 1. The second kappa shape index (κ2) is 5.12. The Kier molecular flexibility index (Phi) is 3.78. The molecular weight excluding hydrogens is 206 g/mol. The molecule has 0 aromatic heterocycles. The average Bonchev–Trinajstić information content (AvgIpc) is 2.63. The number of fused-ring (bicyclic) bond motifs is 1. The molecule has 2 rings (SSSR count). The predicted molar refractivity (Wildman–Crippen MR) is 61.3 cm³/mol. The second-order valence-corrected chi connectivity index (χ2v) is 4.95. The van der Waals surface area contributed by atoms with Crippen LogP contribution in [0.4, 0.5) is 0 Å². The van der Waals surface area contributed by atoms with Gasteiger partial charge in [-0.05, 0) is 19.4 Å². The number of carboxylic acids is 1. The van der Waals surface area contributed by atoms with Crippen LogP contribution in [0.5, 0.6) is 0 Å². The minimum absolute atomic E-state index is 0.0743. The molecule has 2 heterocycles. The molecule has 16 heavy (non-hydrogen) atoms. The van der Waals surface area contributed by atoms with Crippen molar-refractivity contribution in [1.82, 2.24) is 9.80 Å². The monoisotopic (exact) mass is 227 g/mol. The van der Waals surface area contributed by atoms with Crippen molar-refractivity contribution < 1.29 is 9.90 Å². The molecule has 2 aliphatic heterocycles. The molecule has 0 bridgehead atoms. The fraction of sp³-hybridized carbons (Fsp3) is 0.909. The maximum atomic E-state index is 10.5. The lowest BCUT2D eigenvalue weighted by Crippen LogP contribution is -2.53. The first kappa shape index (κ1) is 11.8. The van der Waals surface area contributed by atoms with Gasteiger partial charge in [-0.25, -0.2) is 0 Å². The highest BCUT2D eigenvalue weighted by molar-refractivity contribution is 5.67. The van der Waals surface area contributed by atoms with Gasteiger partial charge in [0.25, 0.3) is 0 Å². The quantitative estimate of drug-likeness (QED) is 0.682. The summed E-state index contributed by atoms with van der Waals surface area (Å²) in [4.78, 5) is 15.4. The van der Waals surface area contributed by atoms with Crippen molar-refractivity contribution in [3.8, 4) is 0 Å². The highest BCUT2D eigenvalue weighted by Gasteiger charge is 2.30. The Labute approximate surface area is 96.2 Å². The molecule has 2 atom stereocenters. The number of hydrogen-bond acceptors (Lipinski definition) is 4. The molecular formula is C11H21N3O2. The lowest BCUT2D eigenvalue weighted by molar-refractivity contribution is -0.137. The molecule has 3 N–H and O–H groups in total. The Morgan fingerprint density at radius 2 is 2.25 bits per heavy atom. The normalized spacial score (nSPS) is 28.9. The number of carbonyl (C=O) groups is 1. The zero-order valence-electron chi connectivity index (χ0n) is 9.64. The summed E-state index contributed by atoms with van der Waals surface area (Å²) in [6.07, 6.45) is 2.66. The molecule has 2 aliphatic rings. The van der Waals surface area contributed by atoms with Gasteiger partial charge in [0.05, 0.1) is 6.42 Å². The summed E-state index contributed by atoms with van der Waals surface area (Å²) in [5.41, 5.74) is 5.81. The first-order valence-electron chi connectivity index (χ1n) is 6.09. The van der Waals surface area contributed by atoms with Crippen LogP contribution >= 0.6 is 0 Å². The second-order valence-electron chi connectivity index (χ2n) is 4.95. The fourth-order valence-corrected chi connectivity index (χ4v) is 2.84. The molecule has 0 aromatic carbocycles. The summed E-state index contributed by atoms with van der Waals surface area (Å²) >= 11 is 0. The van der Waals surface area contributed by atoms with Gasteiger partial charge in [0, 0.05) is 38.3 Å². The fourth-order valence-electron chi connectivity index (χ4n) is 2.84. The van der Waals surface area contributed by atoms with Crippen LogP contribution in [-0.2, 0) is 4.79 Å². The summed E-state index contributed by atoms with van der Waals surface area (Å²) in [5.74, 6) is -0.799. The largest absolute Gasteiger partial charge is 0.481 e. The van der Waals surface area contributed by atoms with Gasteiger partial charge in [-0.2, -0.15) is 0 Å². The van der Waals surface area contributed by atoms with Crippen molar-refractivity contribution in [2.75, 3.05) is 32.7 Å². The Morgan fingerprint density at radius 1 is 1.44 bits per heavy atom. The van der Waals surface area contributed by atoms with Gasteiger partial charge in [-0.15, -0.1) is 0 Å². The summed E-state index contributed by atoms with van der Waals surface area (Å²) < 4.78 is 0. The van der Waals surface area contributed by atoms with Crippen LogP contribution in [0.2, 0.25) is 0 Å². The van der Waals surface area contributed by atoms with E-state index in [-0.39, 0.29) is 12.5 Å². The van der Waals surface area contributed by atoms with Crippen LogP contribution in [0.3, 0.4) is 0 Å². The summed E-state index contributed by atoms with van der Waals surface area (Å²) in [6.45, 7) is 5.16. The van der Waals surface area contributed by atoms with Gasteiger partial charge < -0.3 is 10.8 Å². The lowest BCUT2D eigenvalue weighted by Gasteiger charge is -2.38. The van der Waals surface area contributed by atoms with E-state index in [0.717, 1.165) is 26.2 Å². The standard InChI is InChI=1S/C11H21N3O2/c12-9(6-11(15)16)7-13-4-5-14-3-1-2-10(14)8-13/h9-10H,1-8,12H2,(H,15,16). The molecule has 2 unspecified atom stereocenters. The van der Waals surface area contributed by atoms with Gasteiger partial charge >= 0.3 is 5.97 Å². The maximum Gasteiger partial charge on any atom is 0.304 e. The Balaban J connectivity index is 1.76. The smallest absolute Gasteiger partial charge is 0.304 e. The van der Waals surface area contributed by atoms with E-state index in [2.05, 4.69) is 9.80 Å². The van der Waals surface area contributed by atoms with Crippen LogP contribution in [0, 0.1) is 0 Å². The Bertz CT molecular complexity index is 260. The van der Waals surface area contributed by atoms with E-state index in [1.54, 1.807) is 0 Å². The van der Waals surface area contributed by atoms with Crippen molar-refractivity contribution in [3.05, 3.63) is 0 Å². The Hall–Kier alpha value is -0.650. The number of aliphatic carboxylic acids is 1. The molecule has 2 saturated heterocycles. The molecule has 5 heteroatoms. The molecule has 92 valence electrons. The molecule has 0 amide bonds. The summed E-state index contributed by atoms with van der Waals surface area (Å²) in [5, 5.41) is 8.66. The molecule has 0 aromatic rings. The van der Waals surface area contributed by atoms with Crippen LogP contribution in [0.25, 0.3) is 0 Å². The minimum atomic E-state index is -0.799. The van der Waals surface area contributed by atoms with Gasteiger partial charge in [-0.3, -0.25) is 14.6 Å². The van der Waals surface area contributed by atoms with Gasteiger partial charge in [0.1, 0.15) is 0 Å². The van der Waals surface area contributed by atoms with E-state index in [1.807, 2.05) is 0 Å². The van der Waals surface area contributed by atoms with Gasteiger partial charge in [-0.1, -0.05) is 0 Å². The molecule has 5 nitrogen and oxygen atoms in total. The first-order chi connectivity index (χ1) is 7.65. The molecule has 2 fully saturated rings. The van der Waals surface area contributed by atoms with Crippen molar-refractivity contribution in [2.45, 2.75) is 31.3 Å². The van der Waals surface area contributed by atoms with Crippen LogP contribution < -0.4 is 5.73 Å². The lowest BCUT2D eigenvalue weighted by atomic mass is 10.1. The van der Waals surface area contributed by atoms with Crippen LogP contribution in [0.15, 0.2) is 0 Å². The number of carboxylic acid groups (broad SMARTS) is 1. The predicted octanol–water partition coefficient (Wildman–Crippen LogP) is -0.432.